The van der Waals surface area contributed by atoms with Gasteiger partial charge in [0.15, 0.2) is 6.61 Å². The number of ether oxygens (including phenoxy) is 1. The molecule has 0 aromatic heterocycles. The van der Waals surface area contributed by atoms with Crippen LogP contribution in [0.2, 0.25) is 0 Å². The van der Waals surface area contributed by atoms with Crippen molar-refractivity contribution in [1.82, 2.24) is 5.32 Å². The third-order valence-electron chi connectivity index (χ3n) is 3.30. The molecule has 6 heteroatoms. The minimum atomic E-state index is -0.768. The minimum Gasteiger partial charge on any atom is -0.482 e. The molecular weight excluding hydrogens is 276 g/mol. The highest BCUT2D eigenvalue weighted by molar-refractivity contribution is 7.84. The fourth-order valence-corrected chi connectivity index (χ4v) is 2.39. The first-order valence-electron chi connectivity index (χ1n) is 6.65. The highest BCUT2D eigenvalue weighted by Gasteiger charge is 2.15. The molecule has 1 aliphatic rings. The summed E-state index contributed by atoms with van der Waals surface area (Å²) in [4.78, 5) is 11.3. The van der Waals surface area contributed by atoms with Crippen LogP contribution in [-0.4, -0.2) is 34.8 Å². The van der Waals surface area contributed by atoms with Crippen LogP contribution in [0.5, 0.6) is 5.75 Å². The van der Waals surface area contributed by atoms with Gasteiger partial charge in [0, 0.05) is 28.9 Å². The third kappa shape index (κ3) is 4.05. The summed E-state index contributed by atoms with van der Waals surface area (Å²) in [5.74, 6) is 0.588. The van der Waals surface area contributed by atoms with Crippen LogP contribution in [0.15, 0.2) is 18.2 Å². The van der Waals surface area contributed by atoms with E-state index in [0.717, 1.165) is 24.2 Å². The number of carbonyl (C=O) groups excluding carboxylic acids is 1. The maximum atomic E-state index is 11.3. The Kier molecular flexibility index (Phi) is 5.14. The molecule has 110 valence electrons. The molecule has 2 unspecified atom stereocenters. The van der Waals surface area contributed by atoms with Crippen LogP contribution in [0.25, 0.3) is 0 Å². The summed E-state index contributed by atoms with van der Waals surface area (Å²) in [5, 5.41) is 6.32. The van der Waals surface area contributed by atoms with Crippen LogP contribution in [0.1, 0.15) is 18.9 Å². The zero-order chi connectivity index (χ0) is 14.5. The van der Waals surface area contributed by atoms with Crippen molar-refractivity contribution >= 4 is 22.4 Å². The van der Waals surface area contributed by atoms with E-state index < -0.39 is 10.8 Å². The maximum Gasteiger partial charge on any atom is 0.262 e. The van der Waals surface area contributed by atoms with Crippen molar-refractivity contribution in [3.63, 3.8) is 0 Å². The highest BCUT2D eigenvalue weighted by Crippen LogP contribution is 2.28. The average molecular weight is 296 g/mol. The number of amides is 1. The van der Waals surface area contributed by atoms with Gasteiger partial charge in [-0.25, -0.2) is 0 Å². The summed E-state index contributed by atoms with van der Waals surface area (Å²) in [6.45, 7) is 3.60. The van der Waals surface area contributed by atoms with Crippen LogP contribution in [0.4, 0.5) is 5.69 Å². The third-order valence-corrected chi connectivity index (χ3v) is 4.67. The smallest absolute Gasteiger partial charge is 0.262 e. The van der Waals surface area contributed by atoms with Gasteiger partial charge in [0.1, 0.15) is 5.75 Å². The Balaban J connectivity index is 1.83. The number of fused-ring (bicyclic) bond motifs is 1. The van der Waals surface area contributed by atoms with Gasteiger partial charge in [0.2, 0.25) is 0 Å². The van der Waals surface area contributed by atoms with Crippen molar-refractivity contribution in [2.45, 2.75) is 25.1 Å². The first-order chi connectivity index (χ1) is 9.56. The number of nitrogens with one attached hydrogen (secondary N) is 2. The zero-order valence-electron chi connectivity index (χ0n) is 11.8. The van der Waals surface area contributed by atoms with E-state index in [0.29, 0.717) is 12.3 Å². The molecule has 2 N–H and O–H groups in total. The summed E-state index contributed by atoms with van der Waals surface area (Å²) >= 11 is 0. The molecule has 0 saturated heterocycles. The number of hydrogen-bond acceptors (Lipinski definition) is 4. The molecule has 2 rings (SSSR count). The summed E-state index contributed by atoms with van der Waals surface area (Å²) in [6.07, 6.45) is 2.62. The quantitative estimate of drug-likeness (QED) is 0.776. The highest BCUT2D eigenvalue weighted by atomic mass is 32.2. The van der Waals surface area contributed by atoms with E-state index in [9.17, 15) is 9.00 Å². The van der Waals surface area contributed by atoms with Crippen LogP contribution in [-0.2, 0) is 22.1 Å². The number of anilines is 1. The molecule has 0 aliphatic carbocycles. The Morgan fingerprint density at radius 2 is 2.30 bits per heavy atom. The van der Waals surface area contributed by atoms with E-state index in [1.807, 2.05) is 25.1 Å². The molecule has 0 spiro atoms. The van der Waals surface area contributed by atoms with Gasteiger partial charge in [0.05, 0.1) is 5.69 Å². The van der Waals surface area contributed by atoms with E-state index >= 15 is 0 Å². The van der Waals surface area contributed by atoms with Crippen molar-refractivity contribution in [3.8, 4) is 5.75 Å². The molecule has 0 bridgehead atoms. The molecule has 0 saturated carbocycles. The molecule has 5 nitrogen and oxygen atoms in total. The Labute approximate surface area is 121 Å². The summed E-state index contributed by atoms with van der Waals surface area (Å²) in [6, 6.07) is 5.76. The first-order valence-corrected chi connectivity index (χ1v) is 8.27. The van der Waals surface area contributed by atoms with E-state index in [2.05, 4.69) is 10.6 Å². The zero-order valence-corrected chi connectivity index (χ0v) is 12.6. The van der Waals surface area contributed by atoms with Gasteiger partial charge >= 0.3 is 0 Å². The van der Waals surface area contributed by atoms with E-state index in [4.69, 9.17) is 4.74 Å². The van der Waals surface area contributed by atoms with Crippen molar-refractivity contribution in [2.24, 2.45) is 0 Å². The van der Waals surface area contributed by atoms with Gasteiger partial charge in [-0.1, -0.05) is 13.0 Å². The van der Waals surface area contributed by atoms with Gasteiger partial charge in [-0.05, 0) is 30.7 Å². The lowest BCUT2D eigenvalue weighted by Crippen LogP contribution is -2.25. The number of rotatable bonds is 6. The summed E-state index contributed by atoms with van der Waals surface area (Å²) in [7, 11) is -0.768. The topological polar surface area (TPSA) is 67.4 Å². The molecule has 2 atom stereocenters. The predicted octanol–water partition coefficient (Wildman–Crippen LogP) is 1.26. The van der Waals surface area contributed by atoms with Crippen molar-refractivity contribution < 1.29 is 13.7 Å². The lowest BCUT2D eigenvalue weighted by atomic mass is 10.1. The number of hydrogen-bond donors (Lipinski definition) is 2. The van der Waals surface area contributed by atoms with Gasteiger partial charge in [-0.15, -0.1) is 0 Å². The Bertz CT molecular complexity index is 519. The Morgan fingerprint density at radius 3 is 3.05 bits per heavy atom. The van der Waals surface area contributed by atoms with Crippen LogP contribution in [0, 0.1) is 0 Å². The molecule has 20 heavy (non-hydrogen) atoms. The Hall–Kier alpha value is -1.40. The van der Waals surface area contributed by atoms with Crippen LogP contribution < -0.4 is 15.4 Å². The van der Waals surface area contributed by atoms with E-state index in [1.165, 1.54) is 0 Å². The second-order valence-electron chi connectivity index (χ2n) is 4.94. The van der Waals surface area contributed by atoms with Crippen molar-refractivity contribution in [1.29, 1.82) is 0 Å². The SMILES string of the molecule is CC(CCNCc1ccc2c(c1)NC(=O)CO2)S(C)=O. The molecule has 1 amide bonds. The van der Waals surface area contributed by atoms with Gasteiger partial charge in [-0.3, -0.25) is 9.00 Å². The molecule has 0 fully saturated rings. The van der Waals surface area contributed by atoms with Gasteiger partial charge < -0.3 is 15.4 Å². The normalized spacial score (nSPS) is 16.8. The fraction of sp³-hybridized carbons (Fsp3) is 0.500. The molecule has 0 radical (unpaired) electrons. The maximum absolute atomic E-state index is 11.3. The predicted molar refractivity (Wildman–Crippen MR) is 80.4 cm³/mol. The van der Waals surface area contributed by atoms with E-state index in [1.54, 1.807) is 6.26 Å². The van der Waals surface area contributed by atoms with Crippen LogP contribution in [0.3, 0.4) is 0 Å². The molecule has 1 aliphatic heterocycles. The van der Waals surface area contributed by atoms with E-state index in [-0.39, 0.29) is 17.8 Å². The van der Waals surface area contributed by atoms with Crippen molar-refractivity contribution in [2.75, 3.05) is 24.7 Å². The first kappa shape index (κ1) is 15.0. The number of carbonyl (C=O) groups is 1. The summed E-state index contributed by atoms with van der Waals surface area (Å²) < 4.78 is 16.5. The Morgan fingerprint density at radius 1 is 1.50 bits per heavy atom. The largest absolute Gasteiger partial charge is 0.482 e. The molecule has 1 aromatic rings. The minimum absolute atomic E-state index is 0.0800. The molecule has 1 aromatic carbocycles. The summed E-state index contributed by atoms with van der Waals surface area (Å²) in [5.41, 5.74) is 1.81. The van der Waals surface area contributed by atoms with Gasteiger partial charge in [-0.2, -0.15) is 0 Å². The molecule has 1 heterocycles. The molecular formula is C14H20N2O3S. The fourth-order valence-electron chi connectivity index (χ4n) is 1.94. The lowest BCUT2D eigenvalue weighted by Gasteiger charge is -2.18. The monoisotopic (exact) mass is 296 g/mol. The second-order valence-corrected chi connectivity index (χ2v) is 6.74. The average Bonchev–Trinajstić information content (AvgIpc) is 2.42. The number of benzene rings is 1. The van der Waals surface area contributed by atoms with Crippen molar-refractivity contribution in [3.05, 3.63) is 23.8 Å². The lowest BCUT2D eigenvalue weighted by molar-refractivity contribution is -0.118. The van der Waals surface area contributed by atoms with Crippen LogP contribution >= 0.6 is 0 Å². The second kappa shape index (κ2) is 6.85. The van der Waals surface area contributed by atoms with Gasteiger partial charge in [0.25, 0.3) is 5.91 Å². The standard InChI is InChI=1S/C14H20N2O3S/c1-10(20(2)18)5-6-15-8-11-3-4-13-12(7-11)16-14(17)9-19-13/h3-4,7,10,15H,5-6,8-9H2,1-2H3,(H,16,17).